The number of amides is 3. The number of hydrogen-bond acceptors (Lipinski definition) is 3. The summed E-state index contributed by atoms with van der Waals surface area (Å²) < 4.78 is 5.34. The predicted molar refractivity (Wildman–Crippen MR) is 132 cm³/mol. The van der Waals surface area contributed by atoms with E-state index >= 15 is 0 Å². The van der Waals surface area contributed by atoms with Gasteiger partial charge in [-0.2, -0.15) is 0 Å². The lowest BCUT2D eigenvalue weighted by atomic mass is 9.90. The topological polar surface area (TPSA) is 61.9 Å². The Labute approximate surface area is 197 Å². The Hall–Kier alpha value is -3.02. The molecule has 0 atom stereocenters. The summed E-state index contributed by atoms with van der Waals surface area (Å²) in [6, 6.07) is 17.7. The van der Waals surface area contributed by atoms with E-state index in [2.05, 4.69) is 43.4 Å². The first-order chi connectivity index (χ1) is 16.0. The van der Waals surface area contributed by atoms with Crippen LogP contribution in [0.15, 0.2) is 54.6 Å². The molecule has 0 bridgehead atoms. The van der Waals surface area contributed by atoms with Crippen LogP contribution in [0.4, 0.5) is 10.5 Å². The van der Waals surface area contributed by atoms with Crippen LogP contribution in [0.3, 0.4) is 0 Å². The average molecular weight is 452 g/mol. The van der Waals surface area contributed by atoms with Crippen molar-refractivity contribution in [3.63, 3.8) is 0 Å². The number of piperidine rings is 1. The minimum Gasteiger partial charge on any atom is -0.495 e. The first-order valence-electron chi connectivity index (χ1n) is 12.0. The largest absolute Gasteiger partial charge is 0.495 e. The molecule has 2 aromatic carbocycles. The zero-order chi connectivity index (χ0) is 23.6. The molecule has 0 aromatic heterocycles. The average Bonchev–Trinajstić information content (AvgIpc) is 2.82. The number of anilines is 1. The van der Waals surface area contributed by atoms with Crippen LogP contribution in [0.25, 0.3) is 0 Å². The van der Waals surface area contributed by atoms with Gasteiger partial charge < -0.3 is 19.9 Å². The van der Waals surface area contributed by atoms with Gasteiger partial charge >= 0.3 is 6.03 Å². The maximum absolute atomic E-state index is 13.0. The molecular weight excluding hydrogens is 414 g/mol. The quantitative estimate of drug-likeness (QED) is 0.580. The summed E-state index contributed by atoms with van der Waals surface area (Å²) >= 11 is 0. The van der Waals surface area contributed by atoms with Crippen molar-refractivity contribution >= 4 is 17.6 Å². The highest BCUT2D eigenvalue weighted by Gasteiger charge is 2.24. The standard InChI is InChI=1S/C27H37N3O3/c1-21(2)20-30(27(32)28-24-11-7-8-12-25(24)33-3)18-15-26(31)29-16-13-23(14-17-29)19-22-9-5-4-6-10-22/h4-12,21,23H,13-20H2,1-3H3,(H,28,32). The van der Waals surface area contributed by atoms with Gasteiger partial charge in [0.1, 0.15) is 5.75 Å². The lowest BCUT2D eigenvalue weighted by molar-refractivity contribution is -0.132. The molecule has 1 heterocycles. The molecule has 1 N–H and O–H groups in total. The third-order valence-electron chi connectivity index (χ3n) is 6.15. The van der Waals surface area contributed by atoms with E-state index in [4.69, 9.17) is 4.74 Å². The summed E-state index contributed by atoms with van der Waals surface area (Å²) in [7, 11) is 1.58. The molecular formula is C27H37N3O3. The number of benzene rings is 2. The number of nitrogens with one attached hydrogen (secondary N) is 1. The van der Waals surface area contributed by atoms with Gasteiger partial charge in [-0.05, 0) is 48.8 Å². The summed E-state index contributed by atoms with van der Waals surface area (Å²) in [5.74, 6) is 1.68. The zero-order valence-corrected chi connectivity index (χ0v) is 20.1. The number of hydrogen-bond donors (Lipinski definition) is 1. The molecule has 1 aliphatic heterocycles. The fraction of sp³-hybridized carbons (Fsp3) is 0.481. The van der Waals surface area contributed by atoms with Crippen LogP contribution in [-0.2, 0) is 11.2 Å². The van der Waals surface area contributed by atoms with E-state index in [0.29, 0.717) is 42.8 Å². The Bertz CT molecular complexity index is 892. The molecule has 0 spiro atoms. The molecule has 1 saturated heterocycles. The second kappa shape index (κ2) is 12.3. The predicted octanol–water partition coefficient (Wildman–Crippen LogP) is 5.06. The highest BCUT2D eigenvalue weighted by molar-refractivity contribution is 5.91. The fourth-order valence-electron chi connectivity index (χ4n) is 4.38. The summed E-state index contributed by atoms with van der Waals surface area (Å²) in [6.07, 6.45) is 3.48. The number of rotatable bonds is 9. The number of nitrogens with zero attached hydrogens (tertiary/aromatic N) is 2. The SMILES string of the molecule is COc1ccccc1NC(=O)N(CCC(=O)N1CCC(Cc2ccccc2)CC1)CC(C)C. The van der Waals surface area contributed by atoms with Gasteiger partial charge in [-0.15, -0.1) is 0 Å². The summed E-state index contributed by atoms with van der Waals surface area (Å²) in [4.78, 5) is 29.5. The van der Waals surface area contributed by atoms with Gasteiger partial charge in [-0.3, -0.25) is 4.79 Å². The number of methoxy groups -OCH3 is 1. The molecule has 33 heavy (non-hydrogen) atoms. The number of urea groups is 1. The number of ether oxygens (including phenoxy) is 1. The van der Waals surface area contributed by atoms with Gasteiger partial charge in [0.25, 0.3) is 0 Å². The van der Waals surface area contributed by atoms with Gasteiger partial charge in [0.2, 0.25) is 5.91 Å². The van der Waals surface area contributed by atoms with Gasteiger partial charge in [0, 0.05) is 32.6 Å². The summed E-state index contributed by atoms with van der Waals surface area (Å²) in [5, 5.41) is 2.94. The van der Waals surface area contributed by atoms with Gasteiger partial charge in [0.15, 0.2) is 0 Å². The highest BCUT2D eigenvalue weighted by atomic mass is 16.5. The Morgan fingerprint density at radius 1 is 1.06 bits per heavy atom. The molecule has 2 aromatic rings. The second-order valence-corrected chi connectivity index (χ2v) is 9.23. The first kappa shape index (κ1) is 24.6. The van der Waals surface area contributed by atoms with Crippen LogP contribution >= 0.6 is 0 Å². The Balaban J connectivity index is 1.50. The van der Waals surface area contributed by atoms with E-state index < -0.39 is 0 Å². The summed E-state index contributed by atoms with van der Waals surface area (Å²) in [5.41, 5.74) is 2.00. The van der Waals surface area contributed by atoms with Crippen molar-refractivity contribution in [3.8, 4) is 5.75 Å². The molecule has 1 fully saturated rings. The van der Waals surface area contributed by atoms with Crippen LogP contribution in [0, 0.1) is 11.8 Å². The third-order valence-corrected chi connectivity index (χ3v) is 6.15. The highest BCUT2D eigenvalue weighted by Crippen LogP contribution is 2.24. The number of para-hydroxylation sites is 2. The zero-order valence-electron chi connectivity index (χ0n) is 20.1. The first-order valence-corrected chi connectivity index (χ1v) is 12.0. The fourth-order valence-corrected chi connectivity index (χ4v) is 4.38. The molecule has 178 valence electrons. The lowest BCUT2D eigenvalue weighted by Gasteiger charge is -2.33. The molecule has 0 unspecified atom stereocenters. The van der Waals surface area contributed by atoms with Crippen molar-refractivity contribution in [1.82, 2.24) is 9.80 Å². The van der Waals surface area contributed by atoms with Gasteiger partial charge in [0.05, 0.1) is 12.8 Å². The maximum Gasteiger partial charge on any atom is 0.321 e. The molecule has 3 rings (SSSR count). The third kappa shape index (κ3) is 7.52. The molecule has 3 amide bonds. The van der Waals surface area contributed by atoms with E-state index in [1.54, 1.807) is 12.0 Å². The van der Waals surface area contributed by atoms with E-state index in [-0.39, 0.29) is 11.9 Å². The van der Waals surface area contributed by atoms with Crippen molar-refractivity contribution in [2.45, 2.75) is 39.5 Å². The lowest BCUT2D eigenvalue weighted by Crippen LogP contribution is -2.43. The maximum atomic E-state index is 13.0. The van der Waals surface area contributed by atoms with Gasteiger partial charge in [-0.25, -0.2) is 4.79 Å². The second-order valence-electron chi connectivity index (χ2n) is 9.23. The van der Waals surface area contributed by atoms with Crippen LogP contribution in [0.2, 0.25) is 0 Å². The summed E-state index contributed by atoms with van der Waals surface area (Å²) in [6.45, 7) is 6.74. The molecule has 0 radical (unpaired) electrons. The minimum atomic E-state index is -0.206. The Morgan fingerprint density at radius 2 is 1.73 bits per heavy atom. The normalized spacial score (nSPS) is 14.2. The van der Waals surface area contributed by atoms with E-state index in [1.165, 1.54) is 5.56 Å². The molecule has 6 heteroatoms. The van der Waals surface area contributed by atoms with Crippen molar-refractivity contribution < 1.29 is 14.3 Å². The molecule has 0 aliphatic carbocycles. The number of carbonyl (C=O) groups is 2. The van der Waals surface area contributed by atoms with E-state index in [1.807, 2.05) is 35.2 Å². The van der Waals surface area contributed by atoms with E-state index in [0.717, 1.165) is 32.4 Å². The molecule has 6 nitrogen and oxygen atoms in total. The van der Waals surface area contributed by atoms with Crippen molar-refractivity contribution in [2.24, 2.45) is 11.8 Å². The van der Waals surface area contributed by atoms with Gasteiger partial charge in [-0.1, -0.05) is 56.3 Å². The van der Waals surface area contributed by atoms with Crippen molar-refractivity contribution in [2.75, 3.05) is 38.6 Å². The molecule has 0 saturated carbocycles. The minimum absolute atomic E-state index is 0.131. The van der Waals surface area contributed by atoms with Crippen LogP contribution in [0.1, 0.15) is 38.7 Å². The number of likely N-dealkylation sites (tertiary alicyclic amines) is 1. The van der Waals surface area contributed by atoms with Crippen molar-refractivity contribution in [1.29, 1.82) is 0 Å². The van der Waals surface area contributed by atoms with E-state index in [9.17, 15) is 9.59 Å². The van der Waals surface area contributed by atoms with Crippen LogP contribution in [-0.4, -0.2) is 55.0 Å². The Morgan fingerprint density at radius 3 is 2.39 bits per heavy atom. The smallest absolute Gasteiger partial charge is 0.321 e. The molecule has 1 aliphatic rings. The van der Waals surface area contributed by atoms with Crippen LogP contribution in [0.5, 0.6) is 5.75 Å². The monoisotopic (exact) mass is 451 g/mol. The van der Waals surface area contributed by atoms with Crippen LogP contribution < -0.4 is 10.1 Å². The van der Waals surface area contributed by atoms with Crippen molar-refractivity contribution in [3.05, 3.63) is 60.2 Å². The number of carbonyl (C=O) groups excluding carboxylic acids is 2. The Kier molecular flexibility index (Phi) is 9.16.